The predicted octanol–water partition coefficient (Wildman–Crippen LogP) is 8.80. The van der Waals surface area contributed by atoms with Crippen LogP contribution in [0.4, 0.5) is 16.2 Å². The number of para-hydroxylation sites is 2. The molecule has 0 bridgehead atoms. The van der Waals surface area contributed by atoms with Crippen LogP contribution in [0.3, 0.4) is 0 Å². The van der Waals surface area contributed by atoms with Gasteiger partial charge in [0.2, 0.25) is 5.78 Å². The Hall–Kier alpha value is -6.08. The number of hydrogen-bond donors (Lipinski definition) is 1. The Morgan fingerprint density at radius 3 is 2.07 bits per heavy atom. The number of aromatic amines is 1. The van der Waals surface area contributed by atoms with E-state index in [0.29, 0.717) is 28.4 Å². The molecule has 0 spiro atoms. The molecule has 0 saturated heterocycles. The summed E-state index contributed by atoms with van der Waals surface area (Å²) in [5, 5.41) is 0.889. The summed E-state index contributed by atoms with van der Waals surface area (Å²) in [5.41, 5.74) is 5.22. The highest BCUT2D eigenvalue weighted by Crippen LogP contribution is 2.39. The van der Waals surface area contributed by atoms with Crippen molar-refractivity contribution in [3.05, 3.63) is 144 Å². The van der Waals surface area contributed by atoms with E-state index >= 15 is 0 Å². The third kappa shape index (κ3) is 4.97. The van der Waals surface area contributed by atoms with Crippen molar-refractivity contribution >= 4 is 40.2 Å². The maximum atomic E-state index is 13.5. The second-order valence-corrected chi connectivity index (χ2v) is 10.2. The third-order valence-electron chi connectivity index (χ3n) is 7.44. The number of benzene rings is 5. The number of rotatable bonds is 6. The predicted molar refractivity (Wildman–Crippen MR) is 171 cm³/mol. The third-order valence-corrected chi connectivity index (χ3v) is 7.44. The lowest BCUT2D eigenvalue weighted by atomic mass is 10.0. The van der Waals surface area contributed by atoms with E-state index in [0.717, 1.165) is 27.7 Å². The first-order valence-corrected chi connectivity index (χ1v) is 14.0. The number of methoxy groups -OCH3 is 1. The van der Waals surface area contributed by atoms with Gasteiger partial charge < -0.3 is 19.2 Å². The van der Waals surface area contributed by atoms with E-state index in [-0.39, 0.29) is 17.3 Å². The number of carbonyl (C=O) groups is 2. The van der Waals surface area contributed by atoms with Crippen LogP contribution in [-0.2, 0) is 0 Å². The topological polar surface area (TPSA) is 80.9 Å². The molecule has 1 N–H and O–H groups in total. The summed E-state index contributed by atoms with van der Waals surface area (Å²) in [5.74, 6) is 1.17. The maximum absolute atomic E-state index is 13.5. The number of hydrogen-bond acceptors (Lipinski definition) is 5. The van der Waals surface area contributed by atoms with Crippen LogP contribution < -0.4 is 19.1 Å². The number of allylic oxidation sites excluding steroid dienone is 1. The monoisotopic (exact) mass is 578 g/mol. The molecule has 0 saturated carbocycles. The molecule has 0 fully saturated rings. The van der Waals surface area contributed by atoms with E-state index in [2.05, 4.69) is 4.98 Å². The summed E-state index contributed by atoms with van der Waals surface area (Å²) < 4.78 is 17.4. The summed E-state index contributed by atoms with van der Waals surface area (Å²) in [4.78, 5) is 31.9. The molecule has 6 aromatic rings. The van der Waals surface area contributed by atoms with Gasteiger partial charge >= 0.3 is 6.09 Å². The van der Waals surface area contributed by atoms with Gasteiger partial charge in [0, 0.05) is 22.5 Å². The number of fused-ring (bicyclic) bond motifs is 2. The van der Waals surface area contributed by atoms with Crippen LogP contribution in [0.25, 0.3) is 28.2 Å². The van der Waals surface area contributed by atoms with Crippen molar-refractivity contribution in [2.75, 3.05) is 12.0 Å². The van der Waals surface area contributed by atoms with Gasteiger partial charge in [-0.25, -0.2) is 9.69 Å². The van der Waals surface area contributed by atoms with Crippen molar-refractivity contribution in [2.45, 2.75) is 0 Å². The van der Waals surface area contributed by atoms with E-state index in [1.807, 2.05) is 109 Å². The molecule has 7 nitrogen and oxygen atoms in total. The molecular weight excluding hydrogens is 552 g/mol. The number of H-pyrrole nitrogens is 1. The van der Waals surface area contributed by atoms with Crippen LogP contribution in [0.1, 0.15) is 15.9 Å². The van der Waals surface area contributed by atoms with Crippen molar-refractivity contribution in [1.82, 2.24) is 4.98 Å². The SMILES string of the molecule is COc1ccc2[nH]c(-c3ccccc3)c(C=C3Oc4cc(OC(=O)N(c5ccccc5)c5ccccc5)ccc4C3=O)c2c1. The van der Waals surface area contributed by atoms with E-state index in [9.17, 15) is 9.59 Å². The molecule has 5 aromatic carbocycles. The summed E-state index contributed by atoms with van der Waals surface area (Å²) >= 11 is 0. The largest absolute Gasteiger partial charge is 0.497 e. The highest BCUT2D eigenvalue weighted by atomic mass is 16.6. The highest BCUT2D eigenvalue weighted by molar-refractivity contribution is 6.16. The van der Waals surface area contributed by atoms with Gasteiger partial charge in [-0.05, 0) is 66.2 Å². The zero-order valence-electron chi connectivity index (χ0n) is 23.7. The van der Waals surface area contributed by atoms with Gasteiger partial charge in [0.1, 0.15) is 17.2 Å². The Bertz CT molecular complexity index is 1990. The number of ether oxygens (including phenoxy) is 3. The number of aromatic nitrogens is 1. The standard InChI is InChI=1S/C37H26N2O5/c1-42-27-18-20-32-30(21-27)31(35(38-32)24-11-5-2-6-12-24)23-34-36(40)29-19-17-28(22-33(29)44-34)43-37(41)39(25-13-7-3-8-14-25)26-15-9-4-10-16-26/h2-23,38H,1H3. The molecule has 7 rings (SSSR count). The molecule has 1 aliphatic rings. The molecule has 7 heteroatoms. The lowest BCUT2D eigenvalue weighted by molar-refractivity contribution is 0.101. The molecule has 1 aromatic heterocycles. The first-order valence-electron chi connectivity index (χ1n) is 14.0. The fourth-order valence-corrected chi connectivity index (χ4v) is 5.32. The van der Waals surface area contributed by atoms with Crippen LogP contribution >= 0.6 is 0 Å². The molecule has 1 aliphatic heterocycles. The lowest BCUT2D eigenvalue weighted by Gasteiger charge is -2.22. The number of nitrogens with one attached hydrogen (secondary N) is 1. The molecule has 1 amide bonds. The number of anilines is 2. The number of ketones is 1. The summed E-state index contributed by atoms with van der Waals surface area (Å²) in [6, 6.07) is 39.0. The Labute approximate surface area is 253 Å². The Morgan fingerprint density at radius 2 is 1.41 bits per heavy atom. The molecule has 0 aliphatic carbocycles. The lowest BCUT2D eigenvalue weighted by Crippen LogP contribution is -2.29. The molecule has 2 heterocycles. The highest BCUT2D eigenvalue weighted by Gasteiger charge is 2.30. The van der Waals surface area contributed by atoms with Crippen molar-refractivity contribution in [1.29, 1.82) is 0 Å². The first-order chi connectivity index (χ1) is 21.6. The molecule has 44 heavy (non-hydrogen) atoms. The zero-order chi connectivity index (χ0) is 30.0. The minimum atomic E-state index is -0.595. The van der Waals surface area contributed by atoms with Gasteiger partial charge in [-0.15, -0.1) is 0 Å². The van der Waals surface area contributed by atoms with Gasteiger partial charge in [0.05, 0.1) is 29.7 Å². The van der Waals surface area contributed by atoms with E-state index < -0.39 is 6.09 Å². The summed E-state index contributed by atoms with van der Waals surface area (Å²) in [7, 11) is 1.62. The Morgan fingerprint density at radius 1 is 0.773 bits per heavy atom. The minimum Gasteiger partial charge on any atom is -0.497 e. The van der Waals surface area contributed by atoms with Gasteiger partial charge in [0.15, 0.2) is 5.76 Å². The van der Waals surface area contributed by atoms with Crippen LogP contribution in [-0.4, -0.2) is 24.0 Å². The van der Waals surface area contributed by atoms with E-state index in [4.69, 9.17) is 14.2 Å². The van der Waals surface area contributed by atoms with E-state index in [1.54, 1.807) is 31.4 Å². The number of Topliss-reactive ketones (excluding diaryl/α,β-unsaturated/α-hetero) is 1. The number of nitrogens with zero attached hydrogens (tertiary/aromatic N) is 1. The van der Waals surface area contributed by atoms with Gasteiger partial charge in [-0.1, -0.05) is 66.7 Å². The fourth-order valence-electron chi connectivity index (χ4n) is 5.32. The van der Waals surface area contributed by atoms with Gasteiger partial charge in [-0.3, -0.25) is 4.79 Å². The molecule has 214 valence electrons. The van der Waals surface area contributed by atoms with Crippen molar-refractivity contribution in [3.63, 3.8) is 0 Å². The van der Waals surface area contributed by atoms with Gasteiger partial charge in [-0.2, -0.15) is 0 Å². The quantitative estimate of drug-likeness (QED) is 0.200. The van der Waals surface area contributed by atoms with Crippen LogP contribution in [0.2, 0.25) is 0 Å². The maximum Gasteiger partial charge on any atom is 0.424 e. The second-order valence-electron chi connectivity index (χ2n) is 10.2. The number of carbonyl (C=O) groups excluding carboxylic acids is 2. The van der Waals surface area contributed by atoms with Crippen LogP contribution in [0.5, 0.6) is 17.2 Å². The number of amides is 1. The second kappa shape index (κ2) is 11.3. The fraction of sp³-hybridized carbons (Fsp3) is 0.0270. The minimum absolute atomic E-state index is 0.166. The van der Waals surface area contributed by atoms with Crippen LogP contribution in [0, 0.1) is 0 Å². The molecule has 0 unspecified atom stereocenters. The Balaban J connectivity index is 1.22. The molecular formula is C37H26N2O5. The van der Waals surface area contributed by atoms with Crippen LogP contribution in [0.15, 0.2) is 133 Å². The normalized spacial score (nSPS) is 13.0. The average molecular weight is 579 g/mol. The smallest absolute Gasteiger partial charge is 0.424 e. The summed E-state index contributed by atoms with van der Waals surface area (Å²) in [6.45, 7) is 0. The van der Waals surface area contributed by atoms with E-state index in [1.165, 1.54) is 4.90 Å². The summed E-state index contributed by atoms with van der Waals surface area (Å²) in [6.07, 6.45) is 1.16. The molecule has 0 radical (unpaired) electrons. The molecule has 0 atom stereocenters. The van der Waals surface area contributed by atoms with Gasteiger partial charge in [0.25, 0.3) is 0 Å². The zero-order valence-corrected chi connectivity index (χ0v) is 23.7. The first kappa shape index (κ1) is 26.8. The van der Waals surface area contributed by atoms with Crippen molar-refractivity contribution in [2.24, 2.45) is 0 Å². The van der Waals surface area contributed by atoms with Crippen molar-refractivity contribution < 1.29 is 23.8 Å². The average Bonchev–Trinajstić information content (AvgIpc) is 3.58. The van der Waals surface area contributed by atoms with Crippen molar-refractivity contribution in [3.8, 4) is 28.5 Å². The Kier molecular flexibility index (Phi) is 6.88.